The van der Waals surface area contributed by atoms with Gasteiger partial charge in [-0.25, -0.2) is 0 Å². The molecule has 4 rings (SSSR count). The molecule has 1 atom stereocenters. The van der Waals surface area contributed by atoms with Crippen molar-refractivity contribution in [2.24, 2.45) is 10.7 Å². The van der Waals surface area contributed by atoms with Gasteiger partial charge in [-0.1, -0.05) is 18.2 Å². The van der Waals surface area contributed by atoms with Crippen LogP contribution in [0.2, 0.25) is 0 Å². The second-order valence-electron chi connectivity index (χ2n) is 5.94. The first-order chi connectivity index (χ1) is 12.6. The van der Waals surface area contributed by atoms with Crippen LogP contribution in [0.1, 0.15) is 21.8 Å². The van der Waals surface area contributed by atoms with Gasteiger partial charge in [0, 0.05) is 23.0 Å². The highest BCUT2D eigenvalue weighted by Crippen LogP contribution is 2.35. The number of primary amides is 1. The minimum Gasteiger partial charge on any atom is -0.464 e. The number of hydrogen-bond donors (Lipinski definition) is 2. The van der Waals surface area contributed by atoms with Gasteiger partial charge >= 0.3 is 0 Å². The number of benzene rings is 2. The Morgan fingerprint density at radius 2 is 2.04 bits per heavy atom. The summed E-state index contributed by atoms with van der Waals surface area (Å²) in [6.45, 7) is 0. The van der Waals surface area contributed by atoms with E-state index >= 15 is 0 Å². The summed E-state index contributed by atoms with van der Waals surface area (Å²) in [7, 11) is 0. The van der Waals surface area contributed by atoms with E-state index in [2.05, 4.69) is 10.3 Å². The highest BCUT2D eigenvalue weighted by Gasteiger charge is 2.29. The molecule has 1 unspecified atom stereocenters. The monoisotopic (exact) mass is 345 g/mol. The summed E-state index contributed by atoms with van der Waals surface area (Å²) >= 11 is 0. The van der Waals surface area contributed by atoms with Crippen LogP contribution in [0.4, 0.5) is 11.4 Å². The maximum absolute atomic E-state index is 12.3. The molecule has 1 aliphatic rings. The molecule has 0 saturated carbocycles. The van der Waals surface area contributed by atoms with Crippen LogP contribution >= 0.6 is 0 Å². The summed E-state index contributed by atoms with van der Waals surface area (Å²) in [5.74, 6) is -0.418. The molecule has 6 nitrogen and oxygen atoms in total. The van der Waals surface area contributed by atoms with Crippen molar-refractivity contribution in [2.45, 2.75) is 5.92 Å². The fraction of sp³-hybridized carbons (Fsp3) is 0.0500. The van der Waals surface area contributed by atoms with Gasteiger partial charge in [-0.3, -0.25) is 14.6 Å². The number of hydrogen-bond acceptors (Lipinski definition) is 4. The van der Waals surface area contributed by atoms with Gasteiger partial charge in [-0.2, -0.15) is 0 Å². The first kappa shape index (κ1) is 15.8. The van der Waals surface area contributed by atoms with E-state index in [4.69, 9.17) is 10.2 Å². The highest BCUT2D eigenvalue weighted by molar-refractivity contribution is 6.13. The lowest BCUT2D eigenvalue weighted by Crippen LogP contribution is -2.13. The number of furan rings is 1. The number of carbonyl (C=O) groups excluding carboxylic acids is 2. The summed E-state index contributed by atoms with van der Waals surface area (Å²) in [5.41, 5.74) is 8.70. The van der Waals surface area contributed by atoms with E-state index in [9.17, 15) is 9.59 Å². The number of nitrogens with zero attached hydrogens (tertiary/aromatic N) is 1. The predicted octanol–water partition coefficient (Wildman–Crippen LogP) is 3.48. The van der Waals surface area contributed by atoms with Gasteiger partial charge in [0.25, 0.3) is 0 Å². The first-order valence-corrected chi connectivity index (χ1v) is 8.04. The number of rotatable bonds is 4. The summed E-state index contributed by atoms with van der Waals surface area (Å²) < 4.78 is 5.39. The minimum atomic E-state index is -0.517. The van der Waals surface area contributed by atoms with Crippen LogP contribution in [0.3, 0.4) is 0 Å². The number of aliphatic imine (C=N–C) groups is 1. The number of fused-ring (bicyclic) bond motifs is 1. The number of carbonyl (C=O) groups is 2. The Morgan fingerprint density at radius 3 is 2.81 bits per heavy atom. The lowest BCUT2D eigenvalue weighted by molar-refractivity contribution is -0.115. The van der Waals surface area contributed by atoms with Gasteiger partial charge in [0.1, 0.15) is 11.7 Å². The third kappa shape index (κ3) is 2.88. The molecule has 0 radical (unpaired) electrons. The molecule has 2 aromatic carbocycles. The van der Waals surface area contributed by atoms with Crippen molar-refractivity contribution in [3.63, 3.8) is 0 Å². The summed E-state index contributed by atoms with van der Waals surface area (Å²) in [6, 6.07) is 16.0. The molecule has 6 heteroatoms. The van der Waals surface area contributed by atoms with E-state index in [0.717, 1.165) is 22.6 Å². The molecule has 0 bridgehead atoms. The summed E-state index contributed by atoms with van der Waals surface area (Å²) in [6.07, 6.45) is 3.19. The molecule has 1 aromatic heterocycles. The Morgan fingerprint density at radius 1 is 1.15 bits per heavy atom. The van der Waals surface area contributed by atoms with Gasteiger partial charge in [0.05, 0.1) is 12.0 Å². The zero-order valence-electron chi connectivity index (χ0n) is 13.7. The molecule has 0 saturated heterocycles. The Hall–Kier alpha value is -3.67. The van der Waals surface area contributed by atoms with Gasteiger partial charge in [0.2, 0.25) is 11.8 Å². The minimum absolute atomic E-state index is 0.147. The smallest absolute Gasteiger partial charge is 0.248 e. The van der Waals surface area contributed by atoms with Crippen LogP contribution in [0.15, 0.2) is 70.3 Å². The molecule has 1 aliphatic heterocycles. The van der Waals surface area contributed by atoms with E-state index in [1.807, 2.05) is 30.3 Å². The highest BCUT2D eigenvalue weighted by atomic mass is 16.3. The summed E-state index contributed by atoms with van der Waals surface area (Å²) in [4.78, 5) is 27.9. The van der Waals surface area contributed by atoms with Crippen molar-refractivity contribution in [1.29, 1.82) is 0 Å². The summed E-state index contributed by atoms with van der Waals surface area (Å²) in [5, 5.41) is 2.87. The van der Waals surface area contributed by atoms with Gasteiger partial charge < -0.3 is 15.5 Å². The molecule has 3 aromatic rings. The van der Waals surface area contributed by atoms with E-state index in [-0.39, 0.29) is 5.91 Å². The van der Waals surface area contributed by atoms with Crippen molar-refractivity contribution >= 4 is 29.4 Å². The average molecular weight is 345 g/mol. The topological polar surface area (TPSA) is 97.7 Å². The molecule has 26 heavy (non-hydrogen) atoms. The van der Waals surface area contributed by atoms with Gasteiger partial charge in [-0.05, 0) is 42.0 Å². The van der Waals surface area contributed by atoms with Crippen LogP contribution in [-0.2, 0) is 4.79 Å². The molecule has 128 valence electrons. The third-order valence-electron chi connectivity index (χ3n) is 4.24. The Labute approximate surface area is 149 Å². The molecule has 0 fully saturated rings. The van der Waals surface area contributed by atoms with Gasteiger partial charge in [0.15, 0.2) is 0 Å². The molecule has 0 spiro atoms. The lowest BCUT2D eigenvalue weighted by Gasteiger charge is -2.04. The number of nitrogens with one attached hydrogen (secondary N) is 1. The van der Waals surface area contributed by atoms with E-state index < -0.39 is 11.8 Å². The second kappa shape index (κ2) is 6.33. The number of anilines is 1. The standard InChI is InChI=1S/C20H15N3O3/c21-19(24)13-3-1-4-14(9-13)22-11-16-15-7-6-12(18-5-2-8-26-18)10-17(15)23-20(16)25/h1-11,16H,(H2,21,24)(H,23,25). The fourth-order valence-electron chi connectivity index (χ4n) is 2.93. The largest absolute Gasteiger partial charge is 0.464 e. The van der Waals surface area contributed by atoms with Gasteiger partial charge in [-0.15, -0.1) is 0 Å². The van der Waals surface area contributed by atoms with E-state index in [0.29, 0.717) is 11.3 Å². The molecule has 3 N–H and O–H groups in total. The fourth-order valence-corrected chi connectivity index (χ4v) is 2.93. The average Bonchev–Trinajstić information content (AvgIpc) is 3.27. The second-order valence-corrected chi connectivity index (χ2v) is 5.94. The first-order valence-electron chi connectivity index (χ1n) is 8.04. The SMILES string of the molecule is NC(=O)c1cccc(N=CC2C(=O)Nc3cc(-c4ccco4)ccc32)c1. The molecule has 0 aliphatic carbocycles. The van der Waals surface area contributed by atoms with Crippen molar-refractivity contribution in [3.05, 3.63) is 72.0 Å². The zero-order chi connectivity index (χ0) is 18.1. The maximum atomic E-state index is 12.3. The molecular weight excluding hydrogens is 330 g/mol. The Balaban J connectivity index is 1.62. The van der Waals surface area contributed by atoms with Crippen molar-refractivity contribution in [3.8, 4) is 11.3 Å². The Bertz CT molecular complexity index is 1020. The van der Waals surface area contributed by atoms with Crippen LogP contribution < -0.4 is 11.1 Å². The third-order valence-corrected chi connectivity index (χ3v) is 4.24. The molecule has 2 amide bonds. The lowest BCUT2D eigenvalue weighted by atomic mass is 10.00. The van der Waals surface area contributed by atoms with Crippen LogP contribution in [-0.4, -0.2) is 18.0 Å². The molecule has 2 heterocycles. The van der Waals surface area contributed by atoms with Crippen molar-refractivity contribution < 1.29 is 14.0 Å². The van der Waals surface area contributed by atoms with E-state index in [1.54, 1.807) is 36.7 Å². The van der Waals surface area contributed by atoms with Crippen LogP contribution in [0.5, 0.6) is 0 Å². The molecular formula is C20H15N3O3. The van der Waals surface area contributed by atoms with E-state index in [1.165, 1.54) is 0 Å². The maximum Gasteiger partial charge on any atom is 0.248 e. The van der Waals surface area contributed by atoms with Crippen LogP contribution in [0.25, 0.3) is 11.3 Å². The zero-order valence-corrected chi connectivity index (χ0v) is 13.7. The number of amides is 2. The Kier molecular flexibility index (Phi) is 3.85. The van der Waals surface area contributed by atoms with Crippen molar-refractivity contribution in [1.82, 2.24) is 0 Å². The number of nitrogens with two attached hydrogens (primary N) is 1. The van der Waals surface area contributed by atoms with Crippen LogP contribution in [0, 0.1) is 0 Å². The quantitative estimate of drug-likeness (QED) is 0.708. The predicted molar refractivity (Wildman–Crippen MR) is 98.6 cm³/mol. The van der Waals surface area contributed by atoms with Crippen molar-refractivity contribution in [2.75, 3.05) is 5.32 Å². The normalized spacial score (nSPS) is 15.8.